The lowest BCUT2D eigenvalue weighted by atomic mass is 10.2. The lowest BCUT2D eigenvalue weighted by Crippen LogP contribution is -2.01. The molecule has 0 aliphatic rings. The first kappa shape index (κ1) is 20.1. The smallest absolute Gasteiger partial charge is 0.175 e. The number of ether oxygens (including phenoxy) is 2. The molecule has 0 aliphatic carbocycles. The molecular weight excluding hydrogens is 421 g/mol. The Kier molecular flexibility index (Phi) is 6.82. The minimum atomic E-state index is -0.267. The molecule has 0 heterocycles. The van der Waals surface area contributed by atoms with Gasteiger partial charge in [-0.05, 0) is 77.3 Å². The fourth-order valence-electron chi connectivity index (χ4n) is 2.58. The van der Waals surface area contributed by atoms with Crippen LogP contribution in [0.5, 0.6) is 11.5 Å². The van der Waals surface area contributed by atoms with Gasteiger partial charge in [0.25, 0.3) is 0 Å². The minimum Gasteiger partial charge on any atom is -0.490 e. The first-order valence-corrected chi connectivity index (χ1v) is 9.79. The molecule has 0 N–H and O–H groups in total. The van der Waals surface area contributed by atoms with Crippen LogP contribution in [-0.4, -0.2) is 12.8 Å². The van der Waals surface area contributed by atoms with Gasteiger partial charge in [-0.3, -0.25) is 4.99 Å². The Morgan fingerprint density at radius 3 is 2.39 bits per heavy atom. The van der Waals surface area contributed by atoms with E-state index >= 15 is 0 Å². The minimum absolute atomic E-state index is 0.267. The summed E-state index contributed by atoms with van der Waals surface area (Å²) in [6.45, 7) is 4.79. The Balaban J connectivity index is 1.80. The van der Waals surface area contributed by atoms with E-state index in [0.717, 1.165) is 21.3 Å². The van der Waals surface area contributed by atoms with Gasteiger partial charge in [-0.2, -0.15) is 0 Å². The zero-order valence-corrected chi connectivity index (χ0v) is 17.4. The maximum atomic E-state index is 13.1. The predicted octanol–water partition coefficient (Wildman–Crippen LogP) is 6.62. The first-order valence-electron chi connectivity index (χ1n) is 8.99. The molecule has 3 nitrogen and oxygen atoms in total. The molecule has 5 heteroatoms. The van der Waals surface area contributed by atoms with Crippen molar-refractivity contribution in [3.05, 3.63) is 87.6 Å². The second kappa shape index (κ2) is 9.51. The van der Waals surface area contributed by atoms with Crippen LogP contribution in [0.2, 0.25) is 0 Å². The Morgan fingerprint density at radius 1 is 1.00 bits per heavy atom. The molecule has 0 saturated heterocycles. The number of nitrogens with zero attached hydrogens (tertiary/aromatic N) is 1. The van der Waals surface area contributed by atoms with Crippen molar-refractivity contribution in [2.45, 2.75) is 20.5 Å². The van der Waals surface area contributed by atoms with Crippen molar-refractivity contribution in [3.63, 3.8) is 0 Å². The zero-order chi connectivity index (χ0) is 19.9. The van der Waals surface area contributed by atoms with E-state index < -0.39 is 0 Å². The fourth-order valence-corrected chi connectivity index (χ4v) is 3.16. The van der Waals surface area contributed by atoms with Gasteiger partial charge in [-0.1, -0.05) is 29.8 Å². The van der Waals surface area contributed by atoms with Crippen LogP contribution in [0.4, 0.5) is 10.1 Å². The molecule has 0 spiro atoms. The number of hydrogen-bond donors (Lipinski definition) is 0. The van der Waals surface area contributed by atoms with Gasteiger partial charge in [0.15, 0.2) is 11.5 Å². The topological polar surface area (TPSA) is 30.8 Å². The summed E-state index contributed by atoms with van der Waals surface area (Å²) < 4.78 is 25.5. The van der Waals surface area contributed by atoms with Crippen molar-refractivity contribution in [2.75, 3.05) is 6.61 Å². The molecule has 0 bridgehead atoms. The first-order chi connectivity index (χ1) is 13.5. The van der Waals surface area contributed by atoms with Crippen LogP contribution in [0, 0.1) is 12.7 Å². The van der Waals surface area contributed by atoms with E-state index in [1.807, 2.05) is 50.2 Å². The summed E-state index contributed by atoms with van der Waals surface area (Å²) in [5.41, 5.74) is 3.85. The highest BCUT2D eigenvalue weighted by Gasteiger charge is 2.12. The largest absolute Gasteiger partial charge is 0.490 e. The van der Waals surface area contributed by atoms with Gasteiger partial charge in [0, 0.05) is 6.21 Å². The second-order valence-corrected chi connectivity index (χ2v) is 7.13. The quantitative estimate of drug-likeness (QED) is 0.385. The maximum Gasteiger partial charge on any atom is 0.175 e. The highest BCUT2D eigenvalue weighted by Crippen LogP contribution is 2.37. The van der Waals surface area contributed by atoms with Crippen molar-refractivity contribution in [3.8, 4) is 11.5 Å². The van der Waals surface area contributed by atoms with Gasteiger partial charge in [0.05, 0.1) is 16.8 Å². The van der Waals surface area contributed by atoms with Crippen molar-refractivity contribution < 1.29 is 13.9 Å². The Labute approximate surface area is 173 Å². The lowest BCUT2D eigenvalue weighted by molar-refractivity contribution is 0.267. The molecule has 0 atom stereocenters. The van der Waals surface area contributed by atoms with Crippen LogP contribution in [0.15, 0.2) is 70.1 Å². The third-order valence-electron chi connectivity index (χ3n) is 4.02. The Bertz CT molecular complexity index is 954. The van der Waals surface area contributed by atoms with Gasteiger partial charge in [-0.15, -0.1) is 0 Å². The Morgan fingerprint density at radius 2 is 1.71 bits per heavy atom. The van der Waals surface area contributed by atoms with E-state index in [2.05, 4.69) is 20.9 Å². The van der Waals surface area contributed by atoms with E-state index in [1.54, 1.807) is 18.3 Å². The molecule has 0 aromatic heterocycles. The Hall–Kier alpha value is -2.66. The van der Waals surface area contributed by atoms with Crippen LogP contribution in [0.1, 0.15) is 23.6 Å². The van der Waals surface area contributed by atoms with Crippen molar-refractivity contribution in [1.29, 1.82) is 0 Å². The number of rotatable bonds is 7. The van der Waals surface area contributed by atoms with E-state index in [9.17, 15) is 4.39 Å². The van der Waals surface area contributed by atoms with Crippen molar-refractivity contribution >= 4 is 27.8 Å². The number of hydrogen-bond acceptors (Lipinski definition) is 3. The zero-order valence-electron chi connectivity index (χ0n) is 15.8. The van der Waals surface area contributed by atoms with Gasteiger partial charge in [-0.25, -0.2) is 4.39 Å². The molecule has 144 valence electrons. The maximum absolute atomic E-state index is 13.1. The molecule has 0 amide bonds. The number of benzene rings is 3. The fraction of sp³-hybridized carbons (Fsp3) is 0.174. The summed E-state index contributed by atoms with van der Waals surface area (Å²) in [4.78, 5) is 4.51. The highest BCUT2D eigenvalue weighted by atomic mass is 79.9. The number of halogens is 2. The van der Waals surface area contributed by atoms with E-state index in [1.165, 1.54) is 17.7 Å². The average molecular weight is 442 g/mol. The average Bonchev–Trinajstić information content (AvgIpc) is 2.68. The molecule has 0 unspecified atom stereocenters. The molecular formula is C23H21BrFNO2. The van der Waals surface area contributed by atoms with Crippen LogP contribution in [0.3, 0.4) is 0 Å². The van der Waals surface area contributed by atoms with Crippen molar-refractivity contribution in [2.24, 2.45) is 4.99 Å². The molecule has 0 radical (unpaired) electrons. The van der Waals surface area contributed by atoms with Crippen LogP contribution in [-0.2, 0) is 6.61 Å². The van der Waals surface area contributed by atoms with Gasteiger partial charge < -0.3 is 9.47 Å². The van der Waals surface area contributed by atoms with E-state index in [0.29, 0.717) is 24.7 Å². The van der Waals surface area contributed by atoms with Gasteiger partial charge in [0.1, 0.15) is 12.4 Å². The standard InChI is InChI=1S/C23H21BrFNO2/c1-3-27-22-13-18(14-26-20-10-4-16(2)5-11-20)12-21(24)23(22)28-15-17-6-8-19(25)9-7-17/h4-14H,3,15H2,1-2H3. The molecule has 3 aromatic rings. The normalized spacial score (nSPS) is 11.0. The van der Waals surface area contributed by atoms with Crippen molar-refractivity contribution in [1.82, 2.24) is 0 Å². The van der Waals surface area contributed by atoms with Gasteiger partial charge in [0.2, 0.25) is 0 Å². The number of aryl methyl sites for hydroxylation is 1. The summed E-state index contributed by atoms with van der Waals surface area (Å²) in [6.07, 6.45) is 1.79. The second-order valence-electron chi connectivity index (χ2n) is 6.27. The molecule has 0 saturated carbocycles. The predicted molar refractivity (Wildman–Crippen MR) is 114 cm³/mol. The van der Waals surface area contributed by atoms with Crippen LogP contribution >= 0.6 is 15.9 Å². The summed E-state index contributed by atoms with van der Waals surface area (Å²) in [5.74, 6) is 0.972. The molecule has 28 heavy (non-hydrogen) atoms. The summed E-state index contributed by atoms with van der Waals surface area (Å²) >= 11 is 3.56. The lowest BCUT2D eigenvalue weighted by Gasteiger charge is -2.14. The third kappa shape index (κ3) is 5.42. The van der Waals surface area contributed by atoms with E-state index in [-0.39, 0.29) is 5.82 Å². The van der Waals surface area contributed by atoms with E-state index in [4.69, 9.17) is 9.47 Å². The number of aliphatic imine (C=N–C) groups is 1. The molecule has 0 fully saturated rings. The van der Waals surface area contributed by atoms with Gasteiger partial charge >= 0.3 is 0 Å². The van der Waals surface area contributed by atoms with Crippen LogP contribution < -0.4 is 9.47 Å². The third-order valence-corrected chi connectivity index (χ3v) is 4.61. The molecule has 0 aliphatic heterocycles. The summed E-state index contributed by atoms with van der Waals surface area (Å²) in [7, 11) is 0. The molecule has 3 rings (SSSR count). The monoisotopic (exact) mass is 441 g/mol. The van der Waals surface area contributed by atoms with Crippen LogP contribution in [0.25, 0.3) is 0 Å². The molecule has 3 aromatic carbocycles. The highest BCUT2D eigenvalue weighted by molar-refractivity contribution is 9.10. The SMILES string of the molecule is CCOc1cc(C=Nc2ccc(C)cc2)cc(Br)c1OCc1ccc(F)cc1. The summed E-state index contributed by atoms with van der Waals surface area (Å²) in [6, 6.07) is 18.1. The summed E-state index contributed by atoms with van der Waals surface area (Å²) in [5, 5.41) is 0.